The average Bonchev–Trinajstić information content (AvgIpc) is 3.03. The zero-order valence-electron chi connectivity index (χ0n) is 16.4. The highest BCUT2D eigenvalue weighted by Gasteiger charge is 2.44. The van der Waals surface area contributed by atoms with Crippen LogP contribution in [0.15, 0.2) is 35.3 Å². The molecule has 3 heterocycles. The summed E-state index contributed by atoms with van der Waals surface area (Å²) in [6.07, 6.45) is -4.90. The van der Waals surface area contributed by atoms with Crippen LogP contribution in [0.5, 0.6) is 0 Å². The predicted molar refractivity (Wildman–Crippen MR) is 112 cm³/mol. The maximum absolute atomic E-state index is 12.7. The van der Waals surface area contributed by atoms with Crippen LogP contribution in [0.25, 0.3) is 5.65 Å². The Morgan fingerprint density at radius 1 is 1.10 bits per heavy atom. The third-order valence-corrected chi connectivity index (χ3v) is 6.24. The van der Waals surface area contributed by atoms with Crippen molar-refractivity contribution in [3.8, 4) is 0 Å². The topological polar surface area (TPSA) is 129 Å². The molecule has 1 aliphatic heterocycles. The van der Waals surface area contributed by atoms with E-state index in [1.54, 1.807) is 24.3 Å². The highest BCUT2D eigenvalue weighted by Crippen LogP contribution is 2.34. The van der Waals surface area contributed by atoms with Crippen molar-refractivity contribution in [3.63, 3.8) is 0 Å². The van der Waals surface area contributed by atoms with Crippen LogP contribution >= 0.6 is 23.2 Å². The summed E-state index contributed by atoms with van der Waals surface area (Å²) in [5.74, 6) is 0. The maximum atomic E-state index is 12.7. The van der Waals surface area contributed by atoms with Gasteiger partial charge in [0.05, 0.1) is 18.2 Å². The number of hydrogen-bond acceptors (Lipinski definition) is 7. The molecule has 31 heavy (non-hydrogen) atoms. The summed E-state index contributed by atoms with van der Waals surface area (Å²) in [5.41, 5.74) is 1.82. The SMILES string of the molecule is Cc1cc2nn(Cc3cc([C@@H]4O[C@H](CO)[C@@H](O)[C@H](O)[C@@H]4O)ccc3Cl)c(=O)n2cc1Cl. The van der Waals surface area contributed by atoms with Crippen LogP contribution in [0.2, 0.25) is 10.0 Å². The van der Waals surface area contributed by atoms with Gasteiger partial charge in [-0.05, 0) is 41.8 Å². The molecule has 1 fully saturated rings. The van der Waals surface area contributed by atoms with Crippen molar-refractivity contribution in [2.75, 3.05) is 6.61 Å². The van der Waals surface area contributed by atoms with E-state index in [2.05, 4.69) is 5.10 Å². The summed E-state index contributed by atoms with van der Waals surface area (Å²) < 4.78 is 8.18. The highest BCUT2D eigenvalue weighted by molar-refractivity contribution is 6.31. The minimum atomic E-state index is -1.50. The second kappa shape index (κ2) is 8.51. The first kappa shape index (κ1) is 22.2. The molecule has 1 aromatic carbocycles. The molecule has 0 spiro atoms. The van der Waals surface area contributed by atoms with E-state index in [9.17, 15) is 25.2 Å². The quantitative estimate of drug-likeness (QED) is 0.441. The molecule has 0 bridgehead atoms. The molecule has 5 atom stereocenters. The molecule has 1 saturated heterocycles. The van der Waals surface area contributed by atoms with Crippen LogP contribution in [0, 0.1) is 6.92 Å². The van der Waals surface area contributed by atoms with Crippen molar-refractivity contribution in [2.24, 2.45) is 0 Å². The van der Waals surface area contributed by atoms with Gasteiger partial charge in [-0.3, -0.25) is 0 Å². The highest BCUT2D eigenvalue weighted by atomic mass is 35.5. The van der Waals surface area contributed by atoms with Gasteiger partial charge in [-0.25, -0.2) is 13.9 Å². The Bertz CT molecular complexity index is 1180. The van der Waals surface area contributed by atoms with Gasteiger partial charge in [-0.15, -0.1) is 5.10 Å². The van der Waals surface area contributed by atoms with E-state index < -0.39 is 42.8 Å². The minimum absolute atomic E-state index is 0.0429. The first-order valence-corrected chi connectivity index (χ1v) is 10.3. The second-order valence-corrected chi connectivity index (χ2v) is 8.39. The third kappa shape index (κ3) is 3.98. The molecule has 9 nitrogen and oxygen atoms in total. The number of rotatable bonds is 4. The molecule has 0 unspecified atom stereocenters. The molecule has 11 heteroatoms. The van der Waals surface area contributed by atoms with E-state index in [0.717, 1.165) is 5.56 Å². The van der Waals surface area contributed by atoms with Gasteiger partial charge in [0.15, 0.2) is 5.65 Å². The lowest BCUT2D eigenvalue weighted by molar-refractivity contribution is -0.231. The van der Waals surface area contributed by atoms with Crippen LogP contribution in [0.1, 0.15) is 22.8 Å². The average molecular weight is 470 g/mol. The van der Waals surface area contributed by atoms with E-state index >= 15 is 0 Å². The van der Waals surface area contributed by atoms with Gasteiger partial charge in [0, 0.05) is 11.2 Å². The number of nitrogens with zero attached hydrogens (tertiary/aromatic N) is 3. The van der Waals surface area contributed by atoms with Crippen molar-refractivity contribution in [2.45, 2.75) is 44.0 Å². The van der Waals surface area contributed by atoms with Crippen LogP contribution in [-0.2, 0) is 11.3 Å². The standard InChI is InChI=1S/C20H21Cl2N3O6/c1-9-4-15-23-25(20(30)24(15)7-13(9)22)6-11-5-10(2-3-12(11)21)19-18(29)17(28)16(27)14(8-26)31-19/h2-5,7,14,16-19,26-29H,6,8H2,1H3/t14-,16-,17+,18+,19+/m1/s1. The number of aliphatic hydroxyl groups excluding tert-OH is 4. The maximum Gasteiger partial charge on any atom is 0.350 e. The van der Waals surface area contributed by atoms with E-state index in [1.807, 2.05) is 6.92 Å². The minimum Gasteiger partial charge on any atom is -0.394 e. The molecule has 0 aliphatic carbocycles. The molecule has 166 valence electrons. The summed E-state index contributed by atoms with van der Waals surface area (Å²) in [7, 11) is 0. The van der Waals surface area contributed by atoms with Crippen LogP contribution in [0.4, 0.5) is 0 Å². The van der Waals surface area contributed by atoms with Crippen molar-refractivity contribution in [1.29, 1.82) is 0 Å². The van der Waals surface area contributed by atoms with Crippen molar-refractivity contribution in [3.05, 3.63) is 67.7 Å². The van der Waals surface area contributed by atoms with E-state index in [-0.39, 0.29) is 6.54 Å². The zero-order chi connectivity index (χ0) is 22.4. The number of benzene rings is 1. The molecular formula is C20H21Cl2N3O6. The third-order valence-electron chi connectivity index (χ3n) is 5.47. The first-order chi connectivity index (χ1) is 14.7. The van der Waals surface area contributed by atoms with Gasteiger partial charge in [-0.1, -0.05) is 29.3 Å². The van der Waals surface area contributed by atoms with Gasteiger partial charge in [-0.2, -0.15) is 0 Å². The molecule has 4 N–H and O–H groups in total. The Morgan fingerprint density at radius 2 is 1.84 bits per heavy atom. The van der Waals surface area contributed by atoms with Crippen LogP contribution < -0.4 is 5.69 Å². The molecule has 2 aromatic heterocycles. The Hall–Kier alpha value is -1.98. The van der Waals surface area contributed by atoms with E-state index in [4.69, 9.17) is 27.9 Å². The number of hydrogen-bond donors (Lipinski definition) is 4. The fraction of sp³-hybridized carbons (Fsp3) is 0.400. The molecular weight excluding hydrogens is 449 g/mol. The Kier molecular flexibility index (Phi) is 6.10. The first-order valence-electron chi connectivity index (χ1n) is 9.55. The zero-order valence-corrected chi connectivity index (χ0v) is 17.9. The Balaban J connectivity index is 1.68. The van der Waals surface area contributed by atoms with Gasteiger partial charge in [0.1, 0.15) is 30.5 Å². The normalized spacial score (nSPS) is 26.5. The molecule has 0 amide bonds. The summed E-state index contributed by atoms with van der Waals surface area (Å²) in [6.45, 7) is 1.33. The fourth-order valence-corrected chi connectivity index (χ4v) is 4.00. The van der Waals surface area contributed by atoms with Crippen molar-refractivity contribution < 1.29 is 25.2 Å². The number of fused-ring (bicyclic) bond motifs is 1. The van der Waals surface area contributed by atoms with Crippen LogP contribution in [0.3, 0.4) is 0 Å². The molecule has 4 rings (SSSR count). The van der Waals surface area contributed by atoms with Gasteiger partial charge < -0.3 is 25.2 Å². The second-order valence-electron chi connectivity index (χ2n) is 7.57. The molecule has 0 saturated carbocycles. The lowest BCUT2D eigenvalue weighted by atomic mass is 9.90. The van der Waals surface area contributed by atoms with Crippen molar-refractivity contribution >= 4 is 28.8 Å². The number of aromatic nitrogens is 3. The van der Waals surface area contributed by atoms with Gasteiger partial charge >= 0.3 is 5.69 Å². The van der Waals surface area contributed by atoms with Crippen LogP contribution in [-0.4, -0.2) is 65.6 Å². The molecule has 0 radical (unpaired) electrons. The van der Waals surface area contributed by atoms with Gasteiger partial charge in [0.25, 0.3) is 0 Å². The number of aryl methyl sites for hydroxylation is 1. The Labute approximate surface area is 186 Å². The summed E-state index contributed by atoms with van der Waals surface area (Å²) in [6, 6.07) is 6.51. The lowest BCUT2D eigenvalue weighted by Gasteiger charge is -2.40. The largest absolute Gasteiger partial charge is 0.394 e. The van der Waals surface area contributed by atoms with E-state index in [0.29, 0.717) is 26.8 Å². The summed E-state index contributed by atoms with van der Waals surface area (Å²) >= 11 is 12.4. The number of ether oxygens (including phenoxy) is 1. The molecule has 3 aromatic rings. The smallest absolute Gasteiger partial charge is 0.350 e. The Morgan fingerprint density at radius 3 is 2.55 bits per heavy atom. The molecule has 1 aliphatic rings. The van der Waals surface area contributed by atoms with E-state index in [1.165, 1.54) is 15.3 Å². The summed E-state index contributed by atoms with van der Waals surface area (Å²) in [5, 5.41) is 45.0. The predicted octanol–water partition coefficient (Wildman–Crippen LogP) is 0.674. The number of halogens is 2. The van der Waals surface area contributed by atoms with Crippen molar-refractivity contribution in [1.82, 2.24) is 14.2 Å². The number of aliphatic hydroxyl groups is 4. The summed E-state index contributed by atoms with van der Waals surface area (Å²) in [4.78, 5) is 12.7. The monoisotopic (exact) mass is 469 g/mol. The van der Waals surface area contributed by atoms with Gasteiger partial charge in [0.2, 0.25) is 0 Å². The fourth-order valence-electron chi connectivity index (χ4n) is 3.67. The lowest BCUT2D eigenvalue weighted by Crippen LogP contribution is -2.55. The number of pyridine rings is 1.